The number of amides is 1. The number of hydrogen-bond acceptors (Lipinski definition) is 7. The van der Waals surface area contributed by atoms with Gasteiger partial charge in [0.2, 0.25) is 5.95 Å². The lowest BCUT2D eigenvalue weighted by Crippen LogP contribution is -2.16. The highest BCUT2D eigenvalue weighted by Gasteiger charge is 2.30. The number of rotatable bonds is 6. The number of primary amides is 1. The Labute approximate surface area is 201 Å². The molecule has 13 heteroatoms. The second kappa shape index (κ2) is 9.50. The predicted octanol–water partition coefficient (Wildman–Crippen LogP) is 5.49. The lowest BCUT2D eigenvalue weighted by atomic mass is 10.1. The number of hydrogen-bond donors (Lipinski definition) is 3. The molecule has 0 unspecified atom stereocenters. The van der Waals surface area contributed by atoms with Crippen LogP contribution in [0.15, 0.2) is 60.9 Å². The minimum atomic E-state index is -4.46. The van der Waals surface area contributed by atoms with E-state index in [0.717, 1.165) is 12.1 Å². The maximum atomic E-state index is 13.0. The molecular formula is C22H17ClF3N7O2. The van der Waals surface area contributed by atoms with Crippen molar-refractivity contribution in [1.82, 2.24) is 19.7 Å². The number of ether oxygens (including phenoxy) is 1. The molecule has 0 radical (unpaired) electrons. The van der Waals surface area contributed by atoms with Gasteiger partial charge in [-0.3, -0.25) is 4.68 Å². The van der Waals surface area contributed by atoms with Crippen LogP contribution in [0.3, 0.4) is 0 Å². The number of aromatic nitrogens is 4. The van der Waals surface area contributed by atoms with Crippen molar-refractivity contribution in [1.29, 1.82) is 0 Å². The summed E-state index contributed by atoms with van der Waals surface area (Å²) in [5, 5.41) is 10.3. The van der Waals surface area contributed by atoms with Gasteiger partial charge in [-0.2, -0.15) is 23.3 Å². The molecule has 0 atom stereocenters. The Morgan fingerprint density at radius 1 is 1.14 bits per heavy atom. The average Bonchev–Trinajstić information content (AvgIpc) is 3.10. The standard InChI is InChI=1S/C22H17ClF3N7O2/c1-33-11-17(18(23)32-33)30-21-28-10-16(12-5-7-13(8-6-12)22(24,25)26)19(31-21)29-14-3-2-4-15(9-14)35-20(27)34/h2-11H,1H3,(H2,27,34)(H2,28,29,30,31). The van der Waals surface area contributed by atoms with Crippen LogP contribution in [0.5, 0.6) is 5.75 Å². The van der Waals surface area contributed by atoms with Crippen molar-refractivity contribution < 1.29 is 22.7 Å². The van der Waals surface area contributed by atoms with Gasteiger partial charge in [-0.15, -0.1) is 0 Å². The molecule has 4 N–H and O–H groups in total. The van der Waals surface area contributed by atoms with Gasteiger partial charge in [0.15, 0.2) is 5.15 Å². The third-order valence-electron chi connectivity index (χ3n) is 4.66. The van der Waals surface area contributed by atoms with Crippen molar-refractivity contribution in [2.45, 2.75) is 6.18 Å². The third kappa shape index (κ3) is 5.79. The van der Waals surface area contributed by atoms with E-state index >= 15 is 0 Å². The number of nitrogens with zero attached hydrogens (tertiary/aromatic N) is 4. The summed E-state index contributed by atoms with van der Waals surface area (Å²) in [6.07, 6.45) is -2.36. The molecule has 0 aliphatic rings. The molecule has 4 rings (SSSR count). The number of nitrogens with one attached hydrogen (secondary N) is 2. The lowest BCUT2D eigenvalue weighted by molar-refractivity contribution is -0.137. The first kappa shape index (κ1) is 23.8. The number of benzene rings is 2. The number of anilines is 4. The van der Waals surface area contributed by atoms with E-state index in [4.69, 9.17) is 22.1 Å². The zero-order chi connectivity index (χ0) is 25.2. The van der Waals surface area contributed by atoms with Gasteiger partial charge in [-0.1, -0.05) is 29.8 Å². The largest absolute Gasteiger partial charge is 0.416 e. The molecule has 0 bridgehead atoms. The van der Waals surface area contributed by atoms with Gasteiger partial charge in [-0.25, -0.2) is 9.78 Å². The van der Waals surface area contributed by atoms with E-state index < -0.39 is 17.8 Å². The fourth-order valence-electron chi connectivity index (χ4n) is 3.14. The fourth-order valence-corrected chi connectivity index (χ4v) is 3.36. The third-order valence-corrected chi connectivity index (χ3v) is 4.94. The van der Waals surface area contributed by atoms with Gasteiger partial charge in [0.05, 0.1) is 11.3 Å². The topological polar surface area (TPSA) is 120 Å². The van der Waals surface area contributed by atoms with Crippen LogP contribution < -0.4 is 21.1 Å². The average molecular weight is 504 g/mol. The molecule has 1 amide bonds. The van der Waals surface area contributed by atoms with Crippen LogP contribution in [-0.2, 0) is 13.2 Å². The predicted molar refractivity (Wildman–Crippen MR) is 124 cm³/mol. The summed E-state index contributed by atoms with van der Waals surface area (Å²) in [7, 11) is 1.69. The highest BCUT2D eigenvalue weighted by molar-refractivity contribution is 6.32. The zero-order valence-electron chi connectivity index (χ0n) is 18.0. The number of nitrogens with two attached hydrogens (primary N) is 1. The number of aryl methyl sites for hydroxylation is 1. The molecular weight excluding hydrogens is 487 g/mol. The number of alkyl halides is 3. The van der Waals surface area contributed by atoms with Crippen LogP contribution in [0.4, 0.5) is 41.1 Å². The van der Waals surface area contributed by atoms with Crippen molar-refractivity contribution in [3.8, 4) is 16.9 Å². The summed E-state index contributed by atoms with van der Waals surface area (Å²) in [5.41, 5.74) is 6.08. The maximum Gasteiger partial charge on any atom is 0.416 e. The highest BCUT2D eigenvalue weighted by Crippen LogP contribution is 2.34. The Morgan fingerprint density at radius 2 is 1.89 bits per heavy atom. The summed E-state index contributed by atoms with van der Waals surface area (Å²) in [6.45, 7) is 0. The van der Waals surface area contributed by atoms with E-state index in [1.165, 1.54) is 35.1 Å². The normalized spacial score (nSPS) is 11.2. The van der Waals surface area contributed by atoms with Crippen LogP contribution in [0.25, 0.3) is 11.1 Å². The van der Waals surface area contributed by atoms with Crippen molar-refractivity contribution in [2.24, 2.45) is 12.8 Å². The van der Waals surface area contributed by atoms with Crippen LogP contribution in [0.1, 0.15) is 5.56 Å². The van der Waals surface area contributed by atoms with Gasteiger partial charge in [0, 0.05) is 36.8 Å². The molecule has 0 spiro atoms. The first-order valence-corrected chi connectivity index (χ1v) is 10.3. The van der Waals surface area contributed by atoms with Gasteiger partial charge in [0.1, 0.15) is 11.6 Å². The molecule has 180 valence electrons. The first-order valence-electron chi connectivity index (χ1n) is 9.94. The number of carbonyl (C=O) groups is 1. The Bertz CT molecular complexity index is 1370. The van der Waals surface area contributed by atoms with Gasteiger partial charge >= 0.3 is 12.3 Å². The molecule has 0 fully saturated rings. The Balaban J connectivity index is 1.72. The van der Waals surface area contributed by atoms with E-state index in [0.29, 0.717) is 22.5 Å². The quantitative estimate of drug-likeness (QED) is 0.318. The molecule has 4 aromatic rings. The molecule has 0 saturated carbocycles. The van der Waals surface area contributed by atoms with E-state index in [2.05, 4.69) is 25.7 Å². The number of carbonyl (C=O) groups excluding carboxylic acids is 1. The summed E-state index contributed by atoms with van der Waals surface area (Å²) in [5.74, 6) is 0.606. The van der Waals surface area contributed by atoms with Crippen molar-refractivity contribution in [3.63, 3.8) is 0 Å². The molecule has 2 aromatic carbocycles. The molecule has 35 heavy (non-hydrogen) atoms. The molecule has 0 saturated heterocycles. The summed E-state index contributed by atoms with van der Waals surface area (Å²) in [6, 6.07) is 10.9. The SMILES string of the molecule is Cn1cc(Nc2ncc(-c3ccc(C(F)(F)F)cc3)c(Nc3cccc(OC(N)=O)c3)n2)c(Cl)n1. The maximum absolute atomic E-state index is 13.0. The van der Waals surface area contributed by atoms with Gasteiger partial charge < -0.3 is 21.1 Å². The molecule has 2 heterocycles. The lowest BCUT2D eigenvalue weighted by Gasteiger charge is -2.14. The van der Waals surface area contributed by atoms with Crippen LogP contribution in [-0.4, -0.2) is 25.8 Å². The minimum absolute atomic E-state index is 0.155. The Kier molecular flexibility index (Phi) is 6.47. The number of halogens is 4. The minimum Gasteiger partial charge on any atom is -0.410 e. The first-order chi connectivity index (χ1) is 16.6. The van der Waals surface area contributed by atoms with Gasteiger partial charge in [0.25, 0.3) is 0 Å². The van der Waals surface area contributed by atoms with Crippen LogP contribution in [0, 0.1) is 0 Å². The van der Waals surface area contributed by atoms with Crippen molar-refractivity contribution >= 4 is 40.8 Å². The van der Waals surface area contributed by atoms with E-state index in [-0.39, 0.29) is 22.7 Å². The van der Waals surface area contributed by atoms with Crippen LogP contribution in [0.2, 0.25) is 5.15 Å². The Morgan fingerprint density at radius 3 is 2.51 bits per heavy atom. The van der Waals surface area contributed by atoms with E-state index in [9.17, 15) is 18.0 Å². The fraction of sp³-hybridized carbons (Fsp3) is 0.0909. The zero-order valence-corrected chi connectivity index (χ0v) is 18.7. The molecule has 2 aromatic heterocycles. The Hall–Kier alpha value is -4.32. The summed E-state index contributed by atoms with van der Waals surface area (Å²) in [4.78, 5) is 19.8. The van der Waals surface area contributed by atoms with Crippen molar-refractivity contribution in [2.75, 3.05) is 10.6 Å². The molecule has 0 aliphatic heterocycles. The van der Waals surface area contributed by atoms with E-state index in [1.807, 2.05) is 0 Å². The van der Waals surface area contributed by atoms with Gasteiger partial charge in [-0.05, 0) is 29.8 Å². The second-order valence-electron chi connectivity index (χ2n) is 7.24. The molecule has 9 nitrogen and oxygen atoms in total. The smallest absolute Gasteiger partial charge is 0.410 e. The van der Waals surface area contributed by atoms with Crippen molar-refractivity contribution in [3.05, 3.63) is 71.6 Å². The summed E-state index contributed by atoms with van der Waals surface area (Å²) < 4.78 is 45.4. The van der Waals surface area contributed by atoms with Crippen LogP contribution >= 0.6 is 11.6 Å². The van der Waals surface area contributed by atoms with E-state index in [1.54, 1.807) is 25.4 Å². The second-order valence-corrected chi connectivity index (χ2v) is 7.60. The summed E-state index contributed by atoms with van der Waals surface area (Å²) >= 11 is 6.09. The molecule has 0 aliphatic carbocycles. The monoisotopic (exact) mass is 503 g/mol. The highest BCUT2D eigenvalue weighted by atomic mass is 35.5.